The highest BCUT2D eigenvalue weighted by molar-refractivity contribution is 5.31. The molecule has 0 N–H and O–H groups in total. The minimum atomic E-state index is -3.23. The van der Waals surface area contributed by atoms with E-state index in [-0.39, 0.29) is 0 Å². The van der Waals surface area contributed by atoms with Crippen LogP contribution in [0.15, 0.2) is 12.1 Å². The van der Waals surface area contributed by atoms with Gasteiger partial charge < -0.3 is 4.74 Å². The van der Waals surface area contributed by atoms with E-state index < -0.39 is 24.0 Å². The highest BCUT2D eigenvalue weighted by Crippen LogP contribution is 2.42. The van der Waals surface area contributed by atoms with Gasteiger partial charge in [-0.05, 0) is 54.7 Å². The van der Waals surface area contributed by atoms with Gasteiger partial charge in [-0.25, -0.2) is 8.78 Å². The average molecular weight is 415 g/mol. The molecule has 1 aromatic rings. The lowest BCUT2D eigenvalue weighted by Gasteiger charge is -2.38. The van der Waals surface area contributed by atoms with Crippen LogP contribution >= 0.6 is 0 Å². The first-order valence-electron chi connectivity index (χ1n) is 11.5. The molecule has 0 bridgehead atoms. The molecule has 0 spiro atoms. The summed E-state index contributed by atoms with van der Waals surface area (Å²) < 4.78 is 56.2. The van der Waals surface area contributed by atoms with Crippen LogP contribution in [0.1, 0.15) is 89.0 Å². The maximum Gasteiger partial charge on any atom is 0.387 e. The number of alkyl halides is 2. The lowest BCUT2D eigenvalue weighted by atomic mass is 9.68. The molecular formula is C24H34F4O. The first-order valence-corrected chi connectivity index (χ1v) is 11.5. The molecule has 29 heavy (non-hydrogen) atoms. The first-order chi connectivity index (χ1) is 14.0. The Bertz CT molecular complexity index is 580. The Balaban J connectivity index is 1.52. The molecule has 164 valence electrons. The Kier molecular flexibility index (Phi) is 8.68. The van der Waals surface area contributed by atoms with Crippen LogP contribution in [0.5, 0.6) is 5.75 Å². The standard InChI is InChI=1S/C24H34F4O/c25-21-15-17(16-22(26)23(21)29-24(27)28)9-7-8-14-20(18-10-3-1-4-11-18)19-12-5-2-6-13-19/h15-16,18-20,24H,1-14H2. The second-order valence-corrected chi connectivity index (χ2v) is 8.97. The fourth-order valence-corrected chi connectivity index (χ4v) is 5.65. The summed E-state index contributed by atoms with van der Waals surface area (Å²) in [6.07, 6.45) is 17.3. The molecule has 3 rings (SSSR count). The molecule has 1 aromatic carbocycles. The predicted octanol–water partition coefficient (Wildman–Crippen LogP) is 8.06. The normalized spacial score (nSPS) is 19.2. The van der Waals surface area contributed by atoms with Gasteiger partial charge in [0.15, 0.2) is 17.4 Å². The zero-order chi connectivity index (χ0) is 20.6. The minimum absolute atomic E-state index is 0.508. The zero-order valence-corrected chi connectivity index (χ0v) is 17.3. The maximum absolute atomic E-state index is 13.9. The van der Waals surface area contributed by atoms with Crippen LogP contribution in [0.4, 0.5) is 17.6 Å². The van der Waals surface area contributed by atoms with E-state index in [1.165, 1.54) is 70.6 Å². The number of unbranched alkanes of at least 4 members (excludes halogenated alkanes) is 1. The molecule has 2 fully saturated rings. The van der Waals surface area contributed by atoms with Crippen molar-refractivity contribution in [2.45, 2.75) is 96.5 Å². The molecule has 0 saturated heterocycles. The van der Waals surface area contributed by atoms with Crippen LogP contribution < -0.4 is 4.74 Å². The molecule has 0 aromatic heterocycles. The first kappa shape index (κ1) is 22.4. The van der Waals surface area contributed by atoms with E-state index >= 15 is 0 Å². The van der Waals surface area contributed by atoms with E-state index in [2.05, 4.69) is 4.74 Å². The van der Waals surface area contributed by atoms with E-state index in [0.717, 1.165) is 42.7 Å². The van der Waals surface area contributed by atoms with Crippen LogP contribution in [0.3, 0.4) is 0 Å². The Morgan fingerprint density at radius 1 is 0.793 bits per heavy atom. The number of halogens is 4. The lowest BCUT2D eigenvalue weighted by Crippen LogP contribution is -2.27. The van der Waals surface area contributed by atoms with Crippen molar-refractivity contribution >= 4 is 0 Å². The van der Waals surface area contributed by atoms with Gasteiger partial charge in [0, 0.05) is 0 Å². The van der Waals surface area contributed by atoms with Gasteiger partial charge in [-0.1, -0.05) is 70.6 Å². The second kappa shape index (κ2) is 11.2. The summed E-state index contributed by atoms with van der Waals surface area (Å²) in [4.78, 5) is 0. The third-order valence-corrected chi connectivity index (χ3v) is 7.03. The third kappa shape index (κ3) is 6.62. The van der Waals surface area contributed by atoms with Gasteiger partial charge in [0.2, 0.25) is 0 Å². The van der Waals surface area contributed by atoms with Crippen molar-refractivity contribution in [3.05, 3.63) is 29.3 Å². The van der Waals surface area contributed by atoms with Crippen molar-refractivity contribution in [1.29, 1.82) is 0 Å². The highest BCUT2D eigenvalue weighted by atomic mass is 19.3. The second-order valence-electron chi connectivity index (χ2n) is 8.97. The fraction of sp³-hybridized carbons (Fsp3) is 0.750. The Labute approximate surface area is 172 Å². The van der Waals surface area contributed by atoms with Gasteiger partial charge in [-0.15, -0.1) is 0 Å². The number of benzene rings is 1. The van der Waals surface area contributed by atoms with Crippen molar-refractivity contribution < 1.29 is 22.3 Å². The molecule has 0 unspecified atom stereocenters. The molecule has 1 nitrogen and oxygen atoms in total. The number of hydrogen-bond acceptors (Lipinski definition) is 1. The smallest absolute Gasteiger partial charge is 0.387 e. The van der Waals surface area contributed by atoms with E-state index in [1.807, 2.05) is 0 Å². The van der Waals surface area contributed by atoms with E-state index in [0.29, 0.717) is 12.0 Å². The average Bonchev–Trinajstić information content (AvgIpc) is 2.72. The minimum Gasteiger partial charge on any atom is -0.429 e. The van der Waals surface area contributed by atoms with Crippen molar-refractivity contribution in [2.75, 3.05) is 0 Å². The van der Waals surface area contributed by atoms with Crippen molar-refractivity contribution in [3.63, 3.8) is 0 Å². The van der Waals surface area contributed by atoms with Crippen LogP contribution in [-0.4, -0.2) is 6.61 Å². The predicted molar refractivity (Wildman–Crippen MR) is 107 cm³/mol. The topological polar surface area (TPSA) is 9.23 Å². The third-order valence-electron chi connectivity index (χ3n) is 7.03. The Morgan fingerprint density at radius 2 is 1.31 bits per heavy atom. The molecule has 2 saturated carbocycles. The van der Waals surface area contributed by atoms with Crippen molar-refractivity contribution in [1.82, 2.24) is 0 Å². The molecule has 0 amide bonds. The van der Waals surface area contributed by atoms with Gasteiger partial charge in [0.05, 0.1) is 0 Å². The summed E-state index contributed by atoms with van der Waals surface area (Å²) in [6.45, 7) is -3.23. The molecule has 2 aliphatic carbocycles. The van der Waals surface area contributed by atoms with Gasteiger partial charge in [0.1, 0.15) is 0 Å². The largest absolute Gasteiger partial charge is 0.429 e. The SMILES string of the molecule is Fc1cc(CCCCC(C2CCCCC2)C2CCCCC2)cc(F)c1OC(F)F. The van der Waals surface area contributed by atoms with Crippen LogP contribution in [-0.2, 0) is 6.42 Å². The lowest BCUT2D eigenvalue weighted by molar-refractivity contribution is -0.0546. The number of aryl methyl sites for hydroxylation is 1. The van der Waals surface area contributed by atoms with Gasteiger partial charge in [-0.3, -0.25) is 0 Å². The molecular weight excluding hydrogens is 380 g/mol. The van der Waals surface area contributed by atoms with Crippen LogP contribution in [0, 0.1) is 29.4 Å². The van der Waals surface area contributed by atoms with E-state index in [9.17, 15) is 17.6 Å². The van der Waals surface area contributed by atoms with Crippen LogP contribution in [0.2, 0.25) is 0 Å². The Hall–Kier alpha value is -1.26. The molecule has 5 heteroatoms. The zero-order valence-electron chi connectivity index (χ0n) is 17.3. The van der Waals surface area contributed by atoms with Crippen molar-refractivity contribution in [2.24, 2.45) is 17.8 Å². The van der Waals surface area contributed by atoms with E-state index in [1.54, 1.807) is 0 Å². The summed E-state index contributed by atoms with van der Waals surface area (Å²) in [5.74, 6) is -0.588. The van der Waals surface area contributed by atoms with Crippen LogP contribution in [0.25, 0.3) is 0 Å². The number of hydrogen-bond donors (Lipinski definition) is 0. The van der Waals surface area contributed by atoms with Gasteiger partial charge in [-0.2, -0.15) is 8.78 Å². The molecule has 2 aliphatic rings. The maximum atomic E-state index is 13.9. The fourth-order valence-electron chi connectivity index (χ4n) is 5.65. The quantitative estimate of drug-likeness (QED) is 0.293. The monoisotopic (exact) mass is 414 g/mol. The van der Waals surface area contributed by atoms with E-state index in [4.69, 9.17) is 0 Å². The molecule has 0 radical (unpaired) electrons. The summed E-state index contributed by atoms with van der Waals surface area (Å²) in [6, 6.07) is 2.25. The number of rotatable bonds is 9. The van der Waals surface area contributed by atoms with Gasteiger partial charge in [0.25, 0.3) is 0 Å². The summed E-state index contributed by atoms with van der Waals surface area (Å²) in [5, 5.41) is 0. The summed E-state index contributed by atoms with van der Waals surface area (Å²) in [7, 11) is 0. The highest BCUT2D eigenvalue weighted by Gasteiger charge is 2.30. The summed E-state index contributed by atoms with van der Waals surface area (Å²) >= 11 is 0. The molecule has 0 aliphatic heterocycles. The molecule has 0 atom stereocenters. The molecule has 0 heterocycles. The van der Waals surface area contributed by atoms with Gasteiger partial charge >= 0.3 is 6.61 Å². The number of ether oxygens (including phenoxy) is 1. The van der Waals surface area contributed by atoms with Crippen molar-refractivity contribution in [3.8, 4) is 5.75 Å². The Morgan fingerprint density at radius 3 is 1.79 bits per heavy atom. The summed E-state index contributed by atoms with van der Waals surface area (Å²) in [5.41, 5.74) is 0.508.